The number of hydrogen-bond acceptors (Lipinski definition) is 6. The lowest BCUT2D eigenvalue weighted by molar-refractivity contribution is -0.274. The molecule has 2 aromatic heterocycles. The van der Waals surface area contributed by atoms with Crippen molar-refractivity contribution in [1.29, 1.82) is 0 Å². The van der Waals surface area contributed by atoms with Crippen molar-refractivity contribution in [3.05, 3.63) is 48.5 Å². The molecule has 0 saturated heterocycles. The summed E-state index contributed by atoms with van der Waals surface area (Å²) in [5.74, 6) is -0.354. The number of aromatic nitrogens is 4. The molecule has 0 saturated carbocycles. The first-order valence-corrected chi connectivity index (χ1v) is 10.3. The minimum absolute atomic E-state index is 0.0306. The molecule has 2 N–H and O–H groups in total. The van der Waals surface area contributed by atoms with E-state index in [0.717, 1.165) is 6.42 Å². The van der Waals surface area contributed by atoms with Crippen molar-refractivity contribution in [3.8, 4) is 17.1 Å². The third kappa shape index (κ3) is 4.66. The van der Waals surface area contributed by atoms with Crippen molar-refractivity contribution in [1.82, 2.24) is 24.9 Å². The summed E-state index contributed by atoms with van der Waals surface area (Å²) < 4.78 is 44.3. The smallest absolute Gasteiger partial charge is 0.405 e. The molecule has 0 aliphatic carbocycles. The van der Waals surface area contributed by atoms with Crippen LogP contribution in [0.1, 0.15) is 19.8 Å². The Morgan fingerprint density at radius 1 is 1.12 bits per heavy atom. The number of anilines is 1. The van der Waals surface area contributed by atoms with Crippen LogP contribution in [0.15, 0.2) is 48.5 Å². The van der Waals surface area contributed by atoms with Crippen molar-refractivity contribution >= 4 is 28.4 Å². The predicted octanol–water partition coefficient (Wildman–Crippen LogP) is 4.17. The Labute approximate surface area is 186 Å². The van der Waals surface area contributed by atoms with Gasteiger partial charge < -0.3 is 15.4 Å². The zero-order valence-corrected chi connectivity index (χ0v) is 17.8. The average molecular weight is 458 g/mol. The van der Waals surface area contributed by atoms with E-state index in [-0.39, 0.29) is 23.2 Å². The fourth-order valence-electron chi connectivity index (χ4n) is 3.52. The SMILES string of the molecule is CCC[C@@H](Nc1nc2ccccc2c2nc(-c3ccccc3OC(F)(F)F)nn12)C(=O)NC. The molecule has 0 spiro atoms. The van der Waals surface area contributed by atoms with Crippen molar-refractivity contribution in [2.75, 3.05) is 12.4 Å². The van der Waals surface area contributed by atoms with Crippen LogP contribution < -0.4 is 15.4 Å². The van der Waals surface area contributed by atoms with E-state index in [1.807, 2.05) is 13.0 Å². The second-order valence-corrected chi connectivity index (χ2v) is 7.27. The molecule has 2 aromatic carbocycles. The standard InChI is InChI=1S/C22H21F3N6O2/c1-3-8-16(20(32)26-2)28-21-27-15-11-6-4-9-13(15)19-29-18(30-31(19)21)14-10-5-7-12-17(14)33-22(23,24)25/h4-7,9-12,16H,3,8H2,1-2H3,(H,26,32)(H,27,28)/t16-/m1/s1. The van der Waals surface area contributed by atoms with E-state index in [9.17, 15) is 18.0 Å². The zero-order chi connectivity index (χ0) is 23.6. The fraction of sp³-hybridized carbons (Fsp3) is 0.273. The number of carbonyl (C=O) groups is 1. The number of fused-ring (bicyclic) bond motifs is 3. The van der Waals surface area contributed by atoms with Crippen molar-refractivity contribution in [2.45, 2.75) is 32.2 Å². The number of hydrogen-bond donors (Lipinski definition) is 2. The van der Waals surface area contributed by atoms with Crippen molar-refractivity contribution < 1.29 is 22.7 Å². The minimum Gasteiger partial charge on any atom is -0.405 e. The number of rotatable bonds is 7. The quantitative estimate of drug-likeness (QED) is 0.432. The Bertz CT molecular complexity index is 1300. The highest BCUT2D eigenvalue weighted by Gasteiger charge is 2.32. The van der Waals surface area contributed by atoms with Crippen LogP contribution in [0.2, 0.25) is 0 Å². The number of alkyl halides is 3. The highest BCUT2D eigenvalue weighted by Crippen LogP contribution is 2.33. The van der Waals surface area contributed by atoms with Crippen LogP contribution >= 0.6 is 0 Å². The first-order chi connectivity index (χ1) is 15.8. The average Bonchev–Trinajstić information content (AvgIpc) is 3.23. The maximum Gasteiger partial charge on any atom is 0.573 e. The third-order valence-electron chi connectivity index (χ3n) is 4.98. The van der Waals surface area contributed by atoms with Gasteiger partial charge in [0.25, 0.3) is 0 Å². The van der Waals surface area contributed by atoms with E-state index in [4.69, 9.17) is 0 Å². The molecule has 172 valence electrons. The molecule has 0 aliphatic heterocycles. The summed E-state index contributed by atoms with van der Waals surface area (Å²) in [7, 11) is 1.54. The van der Waals surface area contributed by atoms with E-state index < -0.39 is 18.2 Å². The number of para-hydroxylation sites is 2. The normalized spacial score (nSPS) is 12.6. The van der Waals surface area contributed by atoms with Crippen LogP contribution in [0, 0.1) is 0 Å². The molecular formula is C22H21F3N6O2. The van der Waals surface area contributed by atoms with Gasteiger partial charge in [-0.1, -0.05) is 37.6 Å². The van der Waals surface area contributed by atoms with E-state index in [1.54, 1.807) is 31.3 Å². The molecular weight excluding hydrogens is 437 g/mol. The van der Waals surface area contributed by atoms with Crippen LogP contribution in [0.25, 0.3) is 27.9 Å². The summed E-state index contributed by atoms with van der Waals surface area (Å²) in [6.07, 6.45) is -3.58. The maximum absolute atomic E-state index is 12.9. The minimum atomic E-state index is -4.86. The lowest BCUT2D eigenvalue weighted by Gasteiger charge is -2.17. The number of halogens is 3. The molecule has 0 fully saturated rings. The Morgan fingerprint density at radius 2 is 1.85 bits per heavy atom. The largest absolute Gasteiger partial charge is 0.573 e. The summed E-state index contributed by atoms with van der Waals surface area (Å²) in [4.78, 5) is 21.4. The van der Waals surface area contributed by atoms with Gasteiger partial charge >= 0.3 is 6.36 Å². The van der Waals surface area contributed by atoms with E-state index in [1.165, 1.54) is 22.7 Å². The first-order valence-electron chi connectivity index (χ1n) is 10.3. The molecule has 4 rings (SSSR count). The van der Waals surface area contributed by atoms with Gasteiger partial charge in [0.2, 0.25) is 11.9 Å². The molecule has 0 aliphatic rings. The molecule has 0 bridgehead atoms. The topological polar surface area (TPSA) is 93.4 Å². The lowest BCUT2D eigenvalue weighted by Crippen LogP contribution is -2.38. The number of ether oxygens (including phenoxy) is 1. The van der Waals surface area contributed by atoms with Crippen LogP contribution in [-0.2, 0) is 4.79 Å². The molecule has 33 heavy (non-hydrogen) atoms. The molecule has 8 nitrogen and oxygen atoms in total. The van der Waals surface area contributed by atoms with Crippen LogP contribution in [0.3, 0.4) is 0 Å². The summed E-state index contributed by atoms with van der Waals surface area (Å²) in [6, 6.07) is 12.3. The van der Waals surface area contributed by atoms with E-state index in [2.05, 4.69) is 30.4 Å². The van der Waals surface area contributed by atoms with Gasteiger partial charge in [-0.15, -0.1) is 18.3 Å². The highest BCUT2D eigenvalue weighted by atomic mass is 19.4. The second kappa shape index (κ2) is 8.93. The fourth-order valence-corrected chi connectivity index (χ4v) is 3.52. The summed E-state index contributed by atoms with van der Waals surface area (Å²) >= 11 is 0. The van der Waals surface area contributed by atoms with Gasteiger partial charge in [-0.3, -0.25) is 4.79 Å². The van der Waals surface area contributed by atoms with Crippen LogP contribution in [0.4, 0.5) is 19.1 Å². The van der Waals surface area contributed by atoms with Crippen molar-refractivity contribution in [2.24, 2.45) is 0 Å². The summed E-state index contributed by atoms with van der Waals surface area (Å²) in [6.45, 7) is 1.95. The van der Waals surface area contributed by atoms with Crippen LogP contribution in [-0.4, -0.2) is 44.9 Å². The monoisotopic (exact) mass is 458 g/mol. The summed E-state index contributed by atoms with van der Waals surface area (Å²) in [5, 5.41) is 10.8. The molecule has 0 radical (unpaired) electrons. The second-order valence-electron chi connectivity index (χ2n) is 7.27. The zero-order valence-electron chi connectivity index (χ0n) is 17.8. The first kappa shape index (κ1) is 22.3. The molecule has 1 atom stereocenters. The number of nitrogens with zero attached hydrogens (tertiary/aromatic N) is 4. The van der Waals surface area contributed by atoms with Crippen molar-refractivity contribution in [3.63, 3.8) is 0 Å². The number of amides is 1. The Kier molecular flexibility index (Phi) is 6.03. The van der Waals surface area contributed by atoms with Gasteiger partial charge in [0, 0.05) is 12.4 Å². The molecule has 1 amide bonds. The van der Waals surface area contributed by atoms with Crippen LogP contribution in [0.5, 0.6) is 5.75 Å². The van der Waals surface area contributed by atoms with Gasteiger partial charge in [-0.2, -0.15) is 4.52 Å². The van der Waals surface area contributed by atoms with Gasteiger partial charge in [-0.25, -0.2) is 9.97 Å². The lowest BCUT2D eigenvalue weighted by atomic mass is 10.1. The van der Waals surface area contributed by atoms with Gasteiger partial charge in [0.1, 0.15) is 11.8 Å². The Morgan fingerprint density at radius 3 is 2.58 bits per heavy atom. The molecule has 0 unspecified atom stereocenters. The number of carbonyl (C=O) groups excluding carboxylic acids is 1. The van der Waals surface area contributed by atoms with Gasteiger partial charge in [0.05, 0.1) is 11.1 Å². The predicted molar refractivity (Wildman–Crippen MR) is 117 cm³/mol. The highest BCUT2D eigenvalue weighted by molar-refractivity contribution is 5.93. The number of nitrogens with one attached hydrogen (secondary N) is 2. The number of likely N-dealkylation sites (N-methyl/N-ethyl adjacent to an activating group) is 1. The number of benzene rings is 2. The van der Waals surface area contributed by atoms with E-state index in [0.29, 0.717) is 23.0 Å². The van der Waals surface area contributed by atoms with E-state index >= 15 is 0 Å². The Hall–Kier alpha value is -3.89. The third-order valence-corrected chi connectivity index (χ3v) is 4.98. The summed E-state index contributed by atoms with van der Waals surface area (Å²) in [5.41, 5.74) is 1.05. The molecule has 4 aromatic rings. The molecule has 11 heteroatoms. The maximum atomic E-state index is 12.9. The van der Waals surface area contributed by atoms with Gasteiger partial charge in [-0.05, 0) is 30.7 Å². The van der Waals surface area contributed by atoms with Gasteiger partial charge in [0.15, 0.2) is 11.5 Å². The molecule has 2 heterocycles. The Balaban J connectivity index is 1.89.